The summed E-state index contributed by atoms with van der Waals surface area (Å²) in [7, 11) is 0. The number of carbonyl (C=O) groups is 1. The average Bonchev–Trinajstić information content (AvgIpc) is 3.33. The Labute approximate surface area is 163 Å². The van der Waals surface area contributed by atoms with Crippen LogP contribution in [0.2, 0.25) is 0 Å². The van der Waals surface area contributed by atoms with Gasteiger partial charge < -0.3 is 31.4 Å². The number of rotatable bonds is 7. The number of aliphatic carboxylic acids is 1. The molecule has 13 heteroatoms. The van der Waals surface area contributed by atoms with Gasteiger partial charge in [-0.3, -0.25) is 9.36 Å². The zero-order valence-electron chi connectivity index (χ0n) is 15.5. The van der Waals surface area contributed by atoms with Gasteiger partial charge in [-0.25, -0.2) is 23.5 Å². The van der Waals surface area contributed by atoms with Gasteiger partial charge in [0.05, 0.1) is 25.4 Å². The van der Waals surface area contributed by atoms with Gasteiger partial charge in [0.2, 0.25) is 0 Å². The van der Waals surface area contributed by atoms with Crippen molar-refractivity contribution in [3.05, 3.63) is 23.0 Å². The second-order valence-corrected chi connectivity index (χ2v) is 6.57. The minimum absolute atomic E-state index is 0.0111. The number of carboxylic acid groups (broad SMARTS) is 1. The van der Waals surface area contributed by atoms with E-state index in [1.807, 2.05) is 0 Å². The van der Waals surface area contributed by atoms with E-state index in [1.165, 1.54) is 6.33 Å². The van der Waals surface area contributed by atoms with Crippen LogP contribution < -0.4 is 17.0 Å². The second kappa shape index (κ2) is 9.82. The van der Waals surface area contributed by atoms with E-state index in [2.05, 4.69) is 15.0 Å². The molecule has 1 aliphatic heterocycles. The molecule has 0 bridgehead atoms. The molecule has 1 saturated heterocycles. The Morgan fingerprint density at radius 2 is 2.17 bits per heavy atom. The van der Waals surface area contributed by atoms with Crippen LogP contribution in [0.3, 0.4) is 0 Å². The topological polar surface area (TPSA) is 182 Å². The van der Waals surface area contributed by atoms with Gasteiger partial charge in [-0.2, -0.15) is 0 Å². The summed E-state index contributed by atoms with van der Waals surface area (Å²) in [5.74, 6) is -1.69. The third-order valence-electron chi connectivity index (χ3n) is 4.55. The molecule has 1 aliphatic rings. The van der Waals surface area contributed by atoms with Gasteiger partial charge >= 0.3 is 5.97 Å². The molecule has 2 aromatic rings. The lowest BCUT2D eigenvalue weighted by atomic mass is 9.95. The van der Waals surface area contributed by atoms with Crippen LogP contribution in [0.1, 0.15) is 31.9 Å². The number of alkyl halides is 2. The number of ether oxygens (including phenoxy) is 1. The van der Waals surface area contributed by atoms with Crippen LogP contribution >= 0.6 is 0 Å². The van der Waals surface area contributed by atoms with Crippen molar-refractivity contribution in [1.82, 2.24) is 19.5 Å². The van der Waals surface area contributed by atoms with Crippen LogP contribution in [0.25, 0.3) is 11.2 Å². The maximum Gasteiger partial charge on any atom is 0.329 e. The molecule has 162 valence electrons. The number of nitrogens with zero attached hydrogens (tertiary/aromatic N) is 3. The lowest BCUT2D eigenvalue weighted by molar-refractivity contribution is -0.150. The van der Waals surface area contributed by atoms with E-state index >= 15 is 0 Å². The monoisotopic (exact) mass is 418 g/mol. The molecule has 0 amide bonds. The van der Waals surface area contributed by atoms with Crippen LogP contribution in [0.5, 0.6) is 0 Å². The second-order valence-electron chi connectivity index (χ2n) is 6.57. The quantitative estimate of drug-likeness (QED) is 0.398. The molecule has 0 aromatic carbocycles. The summed E-state index contributed by atoms with van der Waals surface area (Å²) in [6, 6.07) is 0. The number of carboxylic acids is 1. The predicted octanol–water partition coefficient (Wildman–Crippen LogP) is -0.438. The normalized spacial score (nSPS) is 21.0. The third-order valence-corrected chi connectivity index (χ3v) is 4.55. The molecule has 0 aliphatic carbocycles. The maximum absolute atomic E-state index is 12.1. The molecule has 1 unspecified atom stereocenters. The van der Waals surface area contributed by atoms with Crippen LogP contribution in [-0.4, -0.2) is 66.9 Å². The minimum Gasteiger partial charge on any atom is -0.480 e. The molecule has 2 aromatic heterocycles. The van der Waals surface area contributed by atoms with Crippen molar-refractivity contribution in [1.29, 1.82) is 0 Å². The summed E-state index contributed by atoms with van der Waals surface area (Å²) >= 11 is 0. The van der Waals surface area contributed by atoms with Crippen molar-refractivity contribution in [3.63, 3.8) is 0 Å². The summed E-state index contributed by atoms with van der Waals surface area (Å²) in [6.07, 6.45) is 0.935. The van der Waals surface area contributed by atoms with Crippen molar-refractivity contribution in [2.45, 2.75) is 50.0 Å². The highest BCUT2D eigenvalue weighted by Gasteiger charge is 2.43. The highest BCUT2D eigenvalue weighted by molar-refractivity contribution is 5.79. The van der Waals surface area contributed by atoms with E-state index in [0.717, 1.165) is 12.8 Å². The van der Waals surface area contributed by atoms with Crippen LogP contribution in [-0.2, 0) is 9.53 Å². The van der Waals surface area contributed by atoms with Crippen molar-refractivity contribution in [3.8, 4) is 0 Å². The Hall–Kier alpha value is -2.48. The lowest BCUT2D eigenvalue weighted by Crippen LogP contribution is -2.54. The fourth-order valence-electron chi connectivity index (χ4n) is 2.80. The first-order valence-electron chi connectivity index (χ1n) is 8.91. The number of halogens is 2. The molecule has 0 saturated carbocycles. The first kappa shape index (κ1) is 22.8. The number of aromatic nitrogens is 4. The first-order valence-corrected chi connectivity index (χ1v) is 8.91. The molecule has 3 rings (SSSR count). The van der Waals surface area contributed by atoms with E-state index in [9.17, 15) is 18.4 Å². The van der Waals surface area contributed by atoms with Gasteiger partial charge in [-0.1, -0.05) is 0 Å². The predicted molar refractivity (Wildman–Crippen MR) is 97.2 cm³/mol. The minimum atomic E-state index is -3.07. The molecule has 29 heavy (non-hydrogen) atoms. The van der Waals surface area contributed by atoms with Gasteiger partial charge in [0.1, 0.15) is 6.23 Å². The summed E-state index contributed by atoms with van der Waals surface area (Å²) in [5.41, 5.74) is 8.12. The van der Waals surface area contributed by atoms with Gasteiger partial charge in [0.15, 0.2) is 16.7 Å². The van der Waals surface area contributed by atoms with E-state index in [0.29, 0.717) is 11.2 Å². The van der Waals surface area contributed by atoms with Crippen LogP contribution in [0.4, 0.5) is 8.78 Å². The molecule has 11 nitrogen and oxygen atoms in total. The molecular formula is C16H24F2N6O5. The van der Waals surface area contributed by atoms with Gasteiger partial charge in [-0.05, 0) is 32.2 Å². The number of fused-ring (bicyclic) bond motifs is 1. The summed E-state index contributed by atoms with van der Waals surface area (Å²) in [6.45, 7) is 0.163. The number of aliphatic hydroxyl groups excluding tert-OH is 1. The van der Waals surface area contributed by atoms with Crippen molar-refractivity contribution >= 4 is 17.1 Å². The summed E-state index contributed by atoms with van der Waals surface area (Å²) in [5, 5.41) is 17.4. The Morgan fingerprint density at radius 1 is 1.45 bits per heavy atom. The van der Waals surface area contributed by atoms with E-state index in [1.54, 1.807) is 10.9 Å². The molecular weight excluding hydrogens is 394 g/mol. The fraction of sp³-hybridized carbons (Fsp3) is 0.625. The SMILES string of the molecule is NCCCC(N)(C(=O)O)C(F)F.O=c1[nH]cnc2c1ncn2[C@H]1CC[C@@H](CO)O1. The zero-order valence-corrected chi connectivity index (χ0v) is 15.5. The highest BCUT2D eigenvalue weighted by Crippen LogP contribution is 2.29. The molecule has 0 spiro atoms. The zero-order chi connectivity index (χ0) is 21.6. The van der Waals surface area contributed by atoms with E-state index in [4.69, 9.17) is 26.4 Å². The van der Waals surface area contributed by atoms with E-state index in [-0.39, 0.29) is 43.9 Å². The fourth-order valence-corrected chi connectivity index (χ4v) is 2.80. The largest absolute Gasteiger partial charge is 0.480 e. The molecule has 0 radical (unpaired) electrons. The molecule has 1 fully saturated rings. The van der Waals surface area contributed by atoms with Gasteiger partial charge in [-0.15, -0.1) is 0 Å². The smallest absolute Gasteiger partial charge is 0.329 e. The number of hydrogen-bond donors (Lipinski definition) is 5. The lowest BCUT2D eigenvalue weighted by Gasteiger charge is -2.22. The third kappa shape index (κ3) is 5.12. The van der Waals surface area contributed by atoms with E-state index < -0.39 is 17.9 Å². The van der Waals surface area contributed by atoms with Crippen LogP contribution in [0, 0.1) is 0 Å². The Bertz CT molecular complexity index is 875. The Balaban J connectivity index is 0.000000223. The first-order chi connectivity index (χ1) is 13.7. The number of imidazole rings is 1. The summed E-state index contributed by atoms with van der Waals surface area (Å²) in [4.78, 5) is 32.4. The highest BCUT2D eigenvalue weighted by atomic mass is 19.3. The average molecular weight is 418 g/mol. The number of hydrogen-bond acceptors (Lipinski definition) is 8. The van der Waals surface area contributed by atoms with Crippen molar-refractivity contribution in [2.24, 2.45) is 11.5 Å². The van der Waals surface area contributed by atoms with Gasteiger partial charge in [0.25, 0.3) is 12.0 Å². The Kier molecular flexibility index (Phi) is 7.73. The molecule has 3 heterocycles. The summed E-state index contributed by atoms with van der Waals surface area (Å²) < 4.78 is 31.6. The van der Waals surface area contributed by atoms with Crippen molar-refractivity contribution in [2.75, 3.05) is 13.2 Å². The number of H-pyrrole nitrogens is 1. The molecule has 7 N–H and O–H groups in total. The molecule has 3 atom stereocenters. The van der Waals surface area contributed by atoms with Crippen LogP contribution in [0.15, 0.2) is 17.4 Å². The van der Waals surface area contributed by atoms with Gasteiger partial charge in [0, 0.05) is 0 Å². The number of nitrogens with one attached hydrogen (secondary N) is 1. The maximum atomic E-state index is 12.1. The van der Waals surface area contributed by atoms with Crippen molar-refractivity contribution < 1.29 is 28.5 Å². The standard InChI is InChI=1S/C10H12N4O3.C6H12F2N2O2/c15-3-6-1-2-7(17-6)14-5-13-8-9(14)11-4-12-10(8)16;7-4(8)6(10,5(11)12)2-1-3-9/h4-7,15H,1-3H2,(H,11,12,16);4H,1-3,9-10H2,(H,11,12)/t6-,7+;/m0./s1. The number of nitrogens with two attached hydrogens (primary N) is 2. The number of aliphatic hydroxyl groups is 1. The number of aromatic amines is 1. The Morgan fingerprint density at radius 3 is 2.72 bits per heavy atom.